The molecule has 0 atom stereocenters. The molecule has 0 radical (unpaired) electrons. The van der Waals surface area contributed by atoms with Crippen molar-refractivity contribution in [3.05, 3.63) is 62.4 Å². The van der Waals surface area contributed by atoms with Crippen molar-refractivity contribution in [2.75, 3.05) is 13.7 Å². The van der Waals surface area contributed by atoms with Gasteiger partial charge in [-0.25, -0.2) is 9.59 Å². The van der Waals surface area contributed by atoms with Crippen molar-refractivity contribution in [3.63, 3.8) is 0 Å². The number of aromatic carboxylic acids is 1. The van der Waals surface area contributed by atoms with Crippen LogP contribution in [0.15, 0.2) is 42.1 Å². The lowest BCUT2D eigenvalue weighted by atomic mass is 10.1. The second-order valence-electron chi connectivity index (χ2n) is 6.77. The molecule has 1 saturated heterocycles. The average molecular weight is 536 g/mol. The number of carboxylic acid groups (broad SMARTS) is 1. The molecular weight excluding hydrogens is 515 g/mol. The molecule has 1 aliphatic heterocycles. The molecule has 2 aromatic carbocycles. The topological polar surface area (TPSA) is 105 Å². The van der Waals surface area contributed by atoms with Crippen LogP contribution in [0.1, 0.15) is 34.8 Å². The van der Waals surface area contributed by atoms with Gasteiger partial charge in [-0.05, 0) is 70.5 Å². The Balaban J connectivity index is 1.79. The van der Waals surface area contributed by atoms with Crippen LogP contribution in [0.4, 0.5) is 4.79 Å². The van der Waals surface area contributed by atoms with E-state index in [2.05, 4.69) is 27.9 Å². The molecular formula is C22H21IN2O6. The fourth-order valence-corrected chi connectivity index (χ4v) is 3.81. The van der Waals surface area contributed by atoms with E-state index in [-0.39, 0.29) is 23.8 Å². The van der Waals surface area contributed by atoms with Crippen molar-refractivity contribution in [2.45, 2.75) is 20.0 Å². The SMILES string of the molecule is CCCN1C(=O)N/C(=C/c2cc(I)c(OCc3ccc(C(=O)O)cc3)c(OC)c2)C1=O. The number of rotatable bonds is 8. The van der Waals surface area contributed by atoms with Gasteiger partial charge in [-0.1, -0.05) is 19.1 Å². The van der Waals surface area contributed by atoms with Crippen LogP contribution < -0.4 is 14.8 Å². The molecule has 9 heteroatoms. The van der Waals surface area contributed by atoms with E-state index in [1.807, 2.05) is 13.0 Å². The summed E-state index contributed by atoms with van der Waals surface area (Å²) < 4.78 is 12.1. The lowest BCUT2D eigenvalue weighted by molar-refractivity contribution is -0.122. The molecule has 8 nitrogen and oxygen atoms in total. The summed E-state index contributed by atoms with van der Waals surface area (Å²) in [5.41, 5.74) is 1.91. The smallest absolute Gasteiger partial charge is 0.335 e. The molecule has 3 amide bonds. The summed E-state index contributed by atoms with van der Waals surface area (Å²) in [6.07, 6.45) is 2.29. The highest BCUT2D eigenvalue weighted by Gasteiger charge is 2.32. The number of carbonyl (C=O) groups is 3. The zero-order valence-corrected chi connectivity index (χ0v) is 19.1. The number of amides is 3. The highest BCUT2D eigenvalue weighted by atomic mass is 127. The Morgan fingerprint density at radius 3 is 2.55 bits per heavy atom. The molecule has 1 heterocycles. The molecule has 0 bridgehead atoms. The Hall–Kier alpha value is -3.08. The van der Waals surface area contributed by atoms with E-state index in [9.17, 15) is 14.4 Å². The van der Waals surface area contributed by atoms with Gasteiger partial charge in [0.2, 0.25) is 0 Å². The van der Waals surface area contributed by atoms with E-state index in [1.54, 1.807) is 24.3 Å². The molecule has 2 aromatic rings. The average Bonchev–Trinajstić information content (AvgIpc) is 3.00. The number of imide groups is 1. The van der Waals surface area contributed by atoms with Crippen LogP contribution in [-0.4, -0.2) is 41.6 Å². The molecule has 1 fully saturated rings. The monoisotopic (exact) mass is 536 g/mol. The first-order valence-electron chi connectivity index (χ1n) is 9.51. The van der Waals surface area contributed by atoms with Gasteiger partial charge in [0.1, 0.15) is 12.3 Å². The highest BCUT2D eigenvalue weighted by Crippen LogP contribution is 2.35. The second kappa shape index (κ2) is 9.82. The Kier molecular flexibility index (Phi) is 7.16. The number of ether oxygens (including phenoxy) is 2. The molecule has 0 unspecified atom stereocenters. The fourth-order valence-electron chi connectivity index (χ4n) is 3.03. The lowest BCUT2D eigenvalue weighted by Gasteiger charge is -2.14. The Morgan fingerprint density at radius 1 is 1.23 bits per heavy atom. The van der Waals surface area contributed by atoms with Crippen molar-refractivity contribution in [2.24, 2.45) is 0 Å². The maximum atomic E-state index is 12.4. The Labute approximate surface area is 193 Å². The van der Waals surface area contributed by atoms with Crippen LogP contribution in [0.25, 0.3) is 6.08 Å². The number of nitrogens with zero attached hydrogens (tertiary/aromatic N) is 1. The summed E-state index contributed by atoms with van der Waals surface area (Å²) in [6.45, 7) is 2.49. The number of halogens is 1. The second-order valence-corrected chi connectivity index (χ2v) is 7.93. The maximum Gasteiger partial charge on any atom is 0.335 e. The van der Waals surface area contributed by atoms with Crippen LogP contribution >= 0.6 is 22.6 Å². The van der Waals surface area contributed by atoms with Crippen LogP contribution in [0, 0.1) is 3.57 Å². The molecule has 0 spiro atoms. The number of carboxylic acids is 1. The van der Waals surface area contributed by atoms with Gasteiger partial charge in [0, 0.05) is 6.54 Å². The van der Waals surface area contributed by atoms with E-state index in [4.69, 9.17) is 14.6 Å². The van der Waals surface area contributed by atoms with Gasteiger partial charge in [-0.2, -0.15) is 0 Å². The van der Waals surface area contributed by atoms with Gasteiger partial charge in [0.25, 0.3) is 5.91 Å². The van der Waals surface area contributed by atoms with Gasteiger partial charge in [0.15, 0.2) is 11.5 Å². The van der Waals surface area contributed by atoms with Gasteiger partial charge in [0.05, 0.1) is 16.2 Å². The number of methoxy groups -OCH3 is 1. The third-order valence-electron chi connectivity index (χ3n) is 4.56. The standard InChI is InChI=1S/C22H21IN2O6/c1-3-8-25-20(26)17(24-22(25)29)10-14-9-16(23)19(18(11-14)30-2)31-12-13-4-6-15(7-5-13)21(27)28/h4-7,9-11H,3,8,12H2,1-2H3,(H,24,29)(H,27,28)/b17-10+. The summed E-state index contributed by atoms with van der Waals surface area (Å²) in [5, 5.41) is 11.6. The predicted molar refractivity (Wildman–Crippen MR) is 122 cm³/mol. The first-order chi connectivity index (χ1) is 14.8. The van der Waals surface area contributed by atoms with Crippen molar-refractivity contribution >= 4 is 46.6 Å². The van der Waals surface area contributed by atoms with E-state index in [1.165, 1.54) is 24.1 Å². The first-order valence-corrected chi connectivity index (χ1v) is 10.6. The van der Waals surface area contributed by atoms with E-state index < -0.39 is 12.0 Å². The van der Waals surface area contributed by atoms with Crippen molar-refractivity contribution in [3.8, 4) is 11.5 Å². The van der Waals surface area contributed by atoms with Gasteiger partial charge in [-0.15, -0.1) is 0 Å². The minimum absolute atomic E-state index is 0.208. The van der Waals surface area contributed by atoms with E-state index in [0.717, 1.165) is 9.13 Å². The molecule has 31 heavy (non-hydrogen) atoms. The molecule has 0 aromatic heterocycles. The lowest BCUT2D eigenvalue weighted by Crippen LogP contribution is -2.31. The number of carbonyl (C=O) groups excluding carboxylic acids is 2. The van der Waals surface area contributed by atoms with Crippen molar-refractivity contribution in [1.29, 1.82) is 0 Å². The summed E-state index contributed by atoms with van der Waals surface area (Å²) >= 11 is 2.11. The van der Waals surface area contributed by atoms with Crippen molar-refractivity contribution < 1.29 is 29.0 Å². The predicted octanol–water partition coefficient (Wildman–Crippen LogP) is 3.88. The normalized spacial score (nSPS) is 14.7. The maximum absolute atomic E-state index is 12.4. The summed E-state index contributed by atoms with van der Waals surface area (Å²) in [7, 11) is 1.52. The molecule has 162 valence electrons. The largest absolute Gasteiger partial charge is 0.493 e. The van der Waals surface area contributed by atoms with Crippen molar-refractivity contribution in [1.82, 2.24) is 10.2 Å². The molecule has 3 rings (SSSR count). The van der Waals surface area contributed by atoms with Crippen LogP contribution in [0.5, 0.6) is 11.5 Å². The number of hydrogen-bond acceptors (Lipinski definition) is 5. The third-order valence-corrected chi connectivity index (χ3v) is 5.36. The zero-order chi connectivity index (χ0) is 22.5. The first kappa shape index (κ1) is 22.6. The number of benzene rings is 2. The number of hydrogen-bond donors (Lipinski definition) is 2. The third kappa shape index (κ3) is 5.16. The molecule has 1 aliphatic rings. The minimum Gasteiger partial charge on any atom is -0.493 e. The summed E-state index contributed by atoms with van der Waals surface area (Å²) in [6, 6.07) is 9.55. The Bertz CT molecular complexity index is 1050. The van der Waals surface area contributed by atoms with E-state index >= 15 is 0 Å². The zero-order valence-electron chi connectivity index (χ0n) is 17.0. The van der Waals surface area contributed by atoms with E-state index in [0.29, 0.717) is 30.0 Å². The summed E-state index contributed by atoms with van der Waals surface area (Å²) in [5.74, 6) is -0.334. The Morgan fingerprint density at radius 2 is 1.94 bits per heavy atom. The molecule has 0 saturated carbocycles. The van der Waals surface area contributed by atoms with Gasteiger partial charge < -0.3 is 19.9 Å². The van der Waals surface area contributed by atoms with Crippen LogP contribution in [0.2, 0.25) is 0 Å². The number of nitrogens with one attached hydrogen (secondary N) is 1. The molecule has 0 aliphatic carbocycles. The fraction of sp³-hybridized carbons (Fsp3) is 0.227. The summed E-state index contributed by atoms with van der Waals surface area (Å²) in [4.78, 5) is 36.5. The quantitative estimate of drug-likeness (QED) is 0.302. The highest BCUT2D eigenvalue weighted by molar-refractivity contribution is 14.1. The van der Waals surface area contributed by atoms with Crippen LogP contribution in [-0.2, 0) is 11.4 Å². The van der Waals surface area contributed by atoms with Gasteiger partial charge in [-0.3, -0.25) is 9.69 Å². The minimum atomic E-state index is -0.983. The molecule has 2 N–H and O–H groups in total. The van der Waals surface area contributed by atoms with Gasteiger partial charge >= 0.3 is 12.0 Å². The van der Waals surface area contributed by atoms with Crippen LogP contribution in [0.3, 0.4) is 0 Å². The number of urea groups is 1.